The molecule has 8 nitrogen and oxygen atoms in total. The minimum absolute atomic E-state index is 0.107. The van der Waals surface area contributed by atoms with Crippen LogP contribution in [0.2, 0.25) is 0 Å². The lowest BCUT2D eigenvalue weighted by Crippen LogP contribution is -2.44. The van der Waals surface area contributed by atoms with Crippen molar-refractivity contribution in [1.82, 2.24) is 15.5 Å². The molecule has 0 saturated carbocycles. The summed E-state index contributed by atoms with van der Waals surface area (Å²) in [6.07, 6.45) is -0.444. The number of alkyl carbamates (subject to hydrolysis) is 1. The van der Waals surface area contributed by atoms with E-state index in [1.54, 1.807) is 0 Å². The molecular formula is C17H23N3O5. The van der Waals surface area contributed by atoms with Crippen LogP contribution in [0.3, 0.4) is 0 Å². The highest BCUT2D eigenvalue weighted by Gasteiger charge is 2.26. The lowest BCUT2D eigenvalue weighted by atomic mass is 9.96. The number of amides is 3. The quantitative estimate of drug-likeness (QED) is 0.673. The number of rotatable bonds is 6. The summed E-state index contributed by atoms with van der Waals surface area (Å²) in [6, 6.07) is 9.35. The molecule has 25 heavy (non-hydrogen) atoms. The van der Waals surface area contributed by atoms with Crippen molar-refractivity contribution in [2.75, 3.05) is 26.2 Å². The molecule has 8 heteroatoms. The van der Waals surface area contributed by atoms with Crippen LogP contribution in [0.25, 0.3) is 0 Å². The molecule has 0 unspecified atom stereocenters. The first-order chi connectivity index (χ1) is 12.1. The first-order valence-electron chi connectivity index (χ1n) is 8.26. The molecule has 0 aliphatic carbocycles. The molecule has 3 amide bonds. The monoisotopic (exact) mass is 349 g/mol. The Morgan fingerprint density at radius 1 is 1.08 bits per heavy atom. The van der Waals surface area contributed by atoms with Gasteiger partial charge in [0.05, 0.1) is 0 Å². The minimum atomic E-state index is -0.947. The van der Waals surface area contributed by atoms with Gasteiger partial charge in [-0.3, -0.25) is 4.79 Å². The van der Waals surface area contributed by atoms with Gasteiger partial charge in [0.2, 0.25) is 5.91 Å². The molecule has 2 rings (SSSR count). The molecule has 1 aliphatic rings. The molecule has 0 spiro atoms. The second-order valence-corrected chi connectivity index (χ2v) is 5.82. The van der Waals surface area contributed by atoms with Crippen molar-refractivity contribution in [3.05, 3.63) is 35.9 Å². The average molecular weight is 349 g/mol. The van der Waals surface area contributed by atoms with E-state index in [2.05, 4.69) is 10.6 Å². The van der Waals surface area contributed by atoms with Crippen molar-refractivity contribution < 1.29 is 24.2 Å². The van der Waals surface area contributed by atoms with Crippen molar-refractivity contribution in [1.29, 1.82) is 0 Å². The van der Waals surface area contributed by atoms with Gasteiger partial charge in [-0.2, -0.15) is 0 Å². The molecule has 0 bridgehead atoms. The molecular weight excluding hydrogens is 326 g/mol. The molecule has 3 N–H and O–H groups in total. The summed E-state index contributed by atoms with van der Waals surface area (Å²) in [4.78, 5) is 35.7. The van der Waals surface area contributed by atoms with E-state index in [0.29, 0.717) is 32.5 Å². The van der Waals surface area contributed by atoms with Gasteiger partial charge in [0.1, 0.15) is 6.61 Å². The van der Waals surface area contributed by atoms with E-state index >= 15 is 0 Å². The van der Waals surface area contributed by atoms with Crippen molar-refractivity contribution in [2.45, 2.75) is 19.4 Å². The minimum Gasteiger partial charge on any atom is -0.465 e. The van der Waals surface area contributed by atoms with Gasteiger partial charge in [0, 0.05) is 32.1 Å². The third-order valence-electron chi connectivity index (χ3n) is 4.04. The first kappa shape index (κ1) is 18.6. The fraction of sp³-hybridized carbons (Fsp3) is 0.471. The Labute approximate surface area is 146 Å². The molecule has 1 fully saturated rings. The Morgan fingerprint density at radius 2 is 1.72 bits per heavy atom. The zero-order valence-electron chi connectivity index (χ0n) is 13.9. The van der Waals surface area contributed by atoms with Crippen LogP contribution in [0.4, 0.5) is 9.59 Å². The summed E-state index contributed by atoms with van der Waals surface area (Å²) in [6.45, 7) is 1.52. The van der Waals surface area contributed by atoms with E-state index in [-0.39, 0.29) is 25.0 Å². The van der Waals surface area contributed by atoms with E-state index in [0.717, 1.165) is 5.56 Å². The molecule has 0 aromatic heterocycles. The number of likely N-dealkylation sites (tertiary alicyclic amines) is 1. The summed E-state index contributed by atoms with van der Waals surface area (Å²) in [7, 11) is 0. The second-order valence-electron chi connectivity index (χ2n) is 5.82. The number of nitrogens with zero attached hydrogens (tertiary/aromatic N) is 1. The van der Waals surface area contributed by atoms with Crippen LogP contribution in [0, 0.1) is 5.92 Å². The molecule has 0 radical (unpaired) electrons. The second kappa shape index (κ2) is 9.51. The van der Waals surface area contributed by atoms with Gasteiger partial charge >= 0.3 is 12.2 Å². The largest absolute Gasteiger partial charge is 0.465 e. The number of nitrogens with one attached hydrogen (secondary N) is 2. The van der Waals surface area contributed by atoms with Gasteiger partial charge in [-0.05, 0) is 18.4 Å². The molecule has 0 atom stereocenters. The fourth-order valence-corrected chi connectivity index (χ4v) is 2.60. The topological polar surface area (TPSA) is 108 Å². The van der Waals surface area contributed by atoms with E-state index in [1.165, 1.54) is 4.90 Å². The summed E-state index contributed by atoms with van der Waals surface area (Å²) >= 11 is 0. The van der Waals surface area contributed by atoms with Gasteiger partial charge in [-0.25, -0.2) is 9.59 Å². The SMILES string of the molecule is O=C(NCCNC(=O)C1CCN(C(=O)O)CC1)OCc1ccccc1. The summed E-state index contributed by atoms with van der Waals surface area (Å²) in [5.74, 6) is -0.287. The number of benzene rings is 1. The predicted octanol–water partition coefficient (Wildman–Crippen LogP) is 1.42. The van der Waals surface area contributed by atoms with Gasteiger partial charge in [0.25, 0.3) is 0 Å². The van der Waals surface area contributed by atoms with Crippen molar-refractivity contribution in [2.24, 2.45) is 5.92 Å². The number of carbonyl (C=O) groups is 3. The van der Waals surface area contributed by atoms with Crippen LogP contribution in [0.1, 0.15) is 18.4 Å². The number of ether oxygens (including phenoxy) is 1. The standard InChI is InChI=1S/C17H23N3O5/c21-15(14-6-10-20(11-7-14)17(23)24)18-8-9-19-16(22)25-12-13-4-2-1-3-5-13/h1-5,14H,6-12H2,(H,18,21)(H,19,22)(H,23,24). The van der Waals surface area contributed by atoms with Gasteiger partial charge in [-0.15, -0.1) is 0 Å². The number of carboxylic acid groups (broad SMARTS) is 1. The Balaban J connectivity index is 1.55. The number of hydrogen-bond acceptors (Lipinski definition) is 4. The van der Waals surface area contributed by atoms with Crippen LogP contribution in [0.15, 0.2) is 30.3 Å². The normalized spacial score (nSPS) is 14.6. The Hall–Kier alpha value is -2.77. The van der Waals surface area contributed by atoms with E-state index in [4.69, 9.17) is 9.84 Å². The van der Waals surface area contributed by atoms with E-state index in [9.17, 15) is 14.4 Å². The first-order valence-corrected chi connectivity index (χ1v) is 8.26. The molecule has 1 saturated heterocycles. The summed E-state index contributed by atoms with van der Waals surface area (Å²) < 4.78 is 5.06. The smallest absolute Gasteiger partial charge is 0.407 e. The molecule has 1 aliphatic heterocycles. The zero-order valence-corrected chi connectivity index (χ0v) is 13.9. The summed E-state index contributed by atoms with van der Waals surface area (Å²) in [5.41, 5.74) is 0.902. The molecule has 1 heterocycles. The molecule has 1 aromatic carbocycles. The zero-order chi connectivity index (χ0) is 18.1. The van der Waals surface area contributed by atoms with E-state index in [1.807, 2.05) is 30.3 Å². The maximum Gasteiger partial charge on any atom is 0.407 e. The lowest BCUT2D eigenvalue weighted by Gasteiger charge is -2.29. The maximum atomic E-state index is 12.0. The highest BCUT2D eigenvalue weighted by Crippen LogP contribution is 2.17. The van der Waals surface area contributed by atoms with Crippen LogP contribution < -0.4 is 10.6 Å². The third kappa shape index (κ3) is 6.33. The third-order valence-corrected chi connectivity index (χ3v) is 4.04. The van der Waals surface area contributed by atoms with Gasteiger partial charge < -0.3 is 25.4 Å². The average Bonchev–Trinajstić information content (AvgIpc) is 2.64. The molecule has 136 valence electrons. The van der Waals surface area contributed by atoms with Gasteiger partial charge in [0.15, 0.2) is 0 Å². The van der Waals surface area contributed by atoms with Crippen LogP contribution in [0.5, 0.6) is 0 Å². The highest BCUT2D eigenvalue weighted by atomic mass is 16.5. The maximum absolute atomic E-state index is 12.0. The van der Waals surface area contributed by atoms with Crippen LogP contribution in [-0.4, -0.2) is 54.3 Å². The molecule has 1 aromatic rings. The van der Waals surface area contributed by atoms with Gasteiger partial charge in [-0.1, -0.05) is 30.3 Å². The Bertz CT molecular complexity index is 585. The lowest BCUT2D eigenvalue weighted by molar-refractivity contribution is -0.126. The number of carbonyl (C=O) groups excluding carboxylic acids is 2. The van der Waals surface area contributed by atoms with Crippen molar-refractivity contribution in [3.8, 4) is 0 Å². The Morgan fingerprint density at radius 3 is 2.36 bits per heavy atom. The predicted molar refractivity (Wildman–Crippen MR) is 90.0 cm³/mol. The number of piperidine rings is 1. The number of hydrogen-bond donors (Lipinski definition) is 3. The summed E-state index contributed by atoms with van der Waals surface area (Å²) in [5, 5.41) is 14.2. The highest BCUT2D eigenvalue weighted by molar-refractivity contribution is 5.79. The van der Waals surface area contributed by atoms with Crippen LogP contribution in [-0.2, 0) is 16.1 Å². The fourth-order valence-electron chi connectivity index (χ4n) is 2.60. The Kier molecular flexibility index (Phi) is 7.06. The van der Waals surface area contributed by atoms with E-state index < -0.39 is 12.2 Å². The van der Waals surface area contributed by atoms with Crippen LogP contribution >= 0.6 is 0 Å². The van der Waals surface area contributed by atoms with Crippen molar-refractivity contribution in [3.63, 3.8) is 0 Å². The van der Waals surface area contributed by atoms with Crippen molar-refractivity contribution >= 4 is 18.1 Å².